The third-order valence-corrected chi connectivity index (χ3v) is 6.86. The molecule has 2 aliphatic rings. The van der Waals surface area contributed by atoms with Gasteiger partial charge >= 0.3 is 0 Å². The zero-order valence-corrected chi connectivity index (χ0v) is 20.1. The summed E-state index contributed by atoms with van der Waals surface area (Å²) < 4.78 is 28.2. The standard InChI is InChI=1S/C27H29NO6/c1-28-9-8-15-11-24(33-5)27(29)26-18-14-22(32-4)23(12-16(18)10-19(28)25(15)26)34-17-6-7-20(30-2)21(13-17)31-3/h6-7,11-14,19,29H,8-10H2,1-5H3. The van der Waals surface area contributed by atoms with Gasteiger partial charge in [0.25, 0.3) is 0 Å². The van der Waals surface area contributed by atoms with E-state index >= 15 is 0 Å². The van der Waals surface area contributed by atoms with Crippen LogP contribution >= 0.6 is 0 Å². The van der Waals surface area contributed by atoms with Crippen molar-refractivity contribution in [2.75, 3.05) is 42.0 Å². The van der Waals surface area contributed by atoms with Gasteiger partial charge in [0, 0.05) is 24.2 Å². The number of likely N-dealkylation sites (N-methyl/N-ethyl adjacent to an activating group) is 1. The van der Waals surface area contributed by atoms with E-state index in [1.807, 2.05) is 24.3 Å². The molecular weight excluding hydrogens is 434 g/mol. The van der Waals surface area contributed by atoms with Crippen LogP contribution < -0.4 is 23.7 Å². The van der Waals surface area contributed by atoms with Crippen molar-refractivity contribution < 1.29 is 28.8 Å². The molecule has 0 aromatic heterocycles. The van der Waals surface area contributed by atoms with E-state index in [0.29, 0.717) is 34.5 Å². The summed E-state index contributed by atoms with van der Waals surface area (Å²) in [7, 11) is 8.53. The van der Waals surface area contributed by atoms with Crippen LogP contribution in [0.2, 0.25) is 0 Å². The summed E-state index contributed by atoms with van der Waals surface area (Å²) in [5.41, 5.74) is 5.24. The number of fused-ring (bicyclic) bond motifs is 2. The van der Waals surface area contributed by atoms with Crippen molar-refractivity contribution in [3.8, 4) is 51.4 Å². The first kappa shape index (κ1) is 22.2. The van der Waals surface area contributed by atoms with E-state index in [1.165, 1.54) is 11.1 Å². The number of hydrogen-bond donors (Lipinski definition) is 1. The lowest BCUT2D eigenvalue weighted by molar-refractivity contribution is 0.226. The molecule has 1 aliphatic heterocycles. The van der Waals surface area contributed by atoms with E-state index in [0.717, 1.165) is 36.1 Å². The van der Waals surface area contributed by atoms with Gasteiger partial charge in [-0.05, 0) is 72.5 Å². The molecule has 0 bridgehead atoms. The minimum atomic E-state index is 0.165. The number of benzene rings is 3. The maximum absolute atomic E-state index is 11.2. The van der Waals surface area contributed by atoms with Gasteiger partial charge in [-0.1, -0.05) is 0 Å². The molecule has 178 valence electrons. The molecular formula is C27H29NO6. The predicted octanol–water partition coefficient (Wildman–Crippen LogP) is 4.97. The summed E-state index contributed by atoms with van der Waals surface area (Å²) in [6.07, 6.45) is 1.73. The molecule has 0 saturated carbocycles. The fourth-order valence-corrected chi connectivity index (χ4v) is 5.12. The Balaban J connectivity index is 1.64. The normalized spacial score (nSPS) is 16.3. The monoisotopic (exact) mass is 463 g/mol. The fraction of sp³-hybridized carbons (Fsp3) is 0.333. The average Bonchev–Trinajstić information content (AvgIpc) is 2.86. The lowest BCUT2D eigenvalue weighted by Gasteiger charge is -2.40. The second-order valence-corrected chi connectivity index (χ2v) is 8.60. The van der Waals surface area contributed by atoms with E-state index in [1.54, 1.807) is 40.6 Å². The van der Waals surface area contributed by atoms with E-state index < -0.39 is 0 Å². The summed E-state index contributed by atoms with van der Waals surface area (Å²) in [6.45, 7) is 0.950. The van der Waals surface area contributed by atoms with Gasteiger partial charge in [0.05, 0.1) is 28.4 Å². The molecule has 0 saturated heterocycles. The highest BCUT2D eigenvalue weighted by Crippen LogP contribution is 2.54. The molecule has 1 atom stereocenters. The van der Waals surface area contributed by atoms with Gasteiger partial charge in [-0.2, -0.15) is 0 Å². The SMILES string of the molecule is COc1ccc(Oc2cc3c(cc2OC)-c2c(O)c(OC)cc4c2C(C3)N(C)CC4)cc1OC. The number of rotatable bonds is 6. The first-order valence-corrected chi connectivity index (χ1v) is 11.2. The molecule has 1 aliphatic carbocycles. The molecule has 0 amide bonds. The molecule has 0 spiro atoms. The van der Waals surface area contributed by atoms with Crippen molar-refractivity contribution in [2.24, 2.45) is 0 Å². The first-order valence-electron chi connectivity index (χ1n) is 11.2. The largest absolute Gasteiger partial charge is 0.504 e. The van der Waals surface area contributed by atoms with Gasteiger partial charge in [-0.15, -0.1) is 0 Å². The van der Waals surface area contributed by atoms with Crippen LogP contribution in [0.1, 0.15) is 22.7 Å². The zero-order chi connectivity index (χ0) is 24.0. The average molecular weight is 464 g/mol. The van der Waals surface area contributed by atoms with Crippen molar-refractivity contribution in [1.82, 2.24) is 4.90 Å². The Morgan fingerprint density at radius 3 is 2.18 bits per heavy atom. The molecule has 0 fully saturated rings. The van der Waals surface area contributed by atoms with E-state index in [4.69, 9.17) is 23.7 Å². The predicted molar refractivity (Wildman–Crippen MR) is 129 cm³/mol. The molecule has 5 rings (SSSR count). The van der Waals surface area contributed by atoms with Gasteiger partial charge in [-0.3, -0.25) is 4.90 Å². The van der Waals surface area contributed by atoms with Crippen molar-refractivity contribution in [1.29, 1.82) is 0 Å². The topological polar surface area (TPSA) is 69.6 Å². The second kappa shape index (κ2) is 8.65. The summed E-state index contributed by atoms with van der Waals surface area (Å²) in [4.78, 5) is 2.35. The van der Waals surface area contributed by atoms with Crippen LogP contribution in [0.25, 0.3) is 11.1 Å². The Bertz CT molecular complexity index is 1250. The van der Waals surface area contributed by atoms with Gasteiger partial charge in [0.15, 0.2) is 34.5 Å². The number of nitrogens with zero attached hydrogens (tertiary/aromatic N) is 1. The summed E-state index contributed by atoms with van der Waals surface area (Å²) in [5.74, 6) is 3.65. The smallest absolute Gasteiger partial charge is 0.169 e. The van der Waals surface area contributed by atoms with E-state index in [9.17, 15) is 5.11 Å². The number of ether oxygens (including phenoxy) is 5. The Hall–Kier alpha value is -3.58. The highest BCUT2D eigenvalue weighted by molar-refractivity contribution is 5.84. The Morgan fingerprint density at radius 1 is 0.794 bits per heavy atom. The highest BCUT2D eigenvalue weighted by atomic mass is 16.5. The third kappa shape index (κ3) is 3.47. The van der Waals surface area contributed by atoms with Crippen molar-refractivity contribution in [3.63, 3.8) is 0 Å². The molecule has 34 heavy (non-hydrogen) atoms. The lowest BCUT2D eigenvalue weighted by atomic mass is 9.76. The summed E-state index contributed by atoms with van der Waals surface area (Å²) in [5, 5.41) is 11.2. The van der Waals surface area contributed by atoms with E-state index in [2.05, 4.69) is 11.9 Å². The van der Waals surface area contributed by atoms with Gasteiger partial charge < -0.3 is 28.8 Å². The number of phenols is 1. The second-order valence-electron chi connectivity index (χ2n) is 8.60. The number of aromatic hydroxyl groups is 1. The summed E-state index contributed by atoms with van der Waals surface area (Å²) in [6, 6.07) is 11.5. The fourth-order valence-electron chi connectivity index (χ4n) is 5.12. The van der Waals surface area contributed by atoms with Crippen molar-refractivity contribution >= 4 is 0 Å². The van der Waals surface area contributed by atoms with Crippen molar-refractivity contribution in [3.05, 3.63) is 53.1 Å². The molecule has 1 heterocycles. The lowest BCUT2D eigenvalue weighted by Crippen LogP contribution is -2.35. The van der Waals surface area contributed by atoms with E-state index in [-0.39, 0.29) is 11.8 Å². The Kier molecular flexibility index (Phi) is 5.65. The van der Waals surface area contributed by atoms with Crippen LogP contribution in [0.4, 0.5) is 0 Å². The van der Waals surface area contributed by atoms with Crippen LogP contribution in [0, 0.1) is 0 Å². The molecule has 3 aromatic carbocycles. The van der Waals surface area contributed by atoms with Crippen molar-refractivity contribution in [2.45, 2.75) is 18.9 Å². The van der Waals surface area contributed by atoms with Gasteiger partial charge in [0.1, 0.15) is 5.75 Å². The highest BCUT2D eigenvalue weighted by Gasteiger charge is 2.36. The number of phenolic OH excluding ortho intramolecular Hbond substituents is 1. The molecule has 7 heteroatoms. The van der Waals surface area contributed by atoms with Gasteiger partial charge in [0.2, 0.25) is 0 Å². The van der Waals surface area contributed by atoms with Crippen LogP contribution in [0.15, 0.2) is 36.4 Å². The van der Waals surface area contributed by atoms with Crippen LogP contribution in [0.5, 0.6) is 40.2 Å². The molecule has 0 radical (unpaired) electrons. The van der Waals surface area contributed by atoms with Crippen LogP contribution in [-0.4, -0.2) is 52.0 Å². The molecule has 7 nitrogen and oxygen atoms in total. The van der Waals surface area contributed by atoms with Crippen LogP contribution in [0.3, 0.4) is 0 Å². The minimum Gasteiger partial charge on any atom is -0.504 e. The minimum absolute atomic E-state index is 0.165. The Labute approximate surface area is 199 Å². The molecule has 1 N–H and O–H groups in total. The zero-order valence-electron chi connectivity index (χ0n) is 20.1. The Morgan fingerprint density at radius 2 is 1.47 bits per heavy atom. The van der Waals surface area contributed by atoms with Crippen LogP contribution in [-0.2, 0) is 12.8 Å². The number of methoxy groups -OCH3 is 4. The van der Waals surface area contributed by atoms with Gasteiger partial charge in [-0.25, -0.2) is 0 Å². The summed E-state index contributed by atoms with van der Waals surface area (Å²) >= 11 is 0. The maximum atomic E-state index is 11.2. The molecule has 1 unspecified atom stereocenters. The maximum Gasteiger partial charge on any atom is 0.169 e. The first-order chi connectivity index (χ1) is 16.5. The quantitative estimate of drug-likeness (QED) is 0.553. The number of hydrogen-bond acceptors (Lipinski definition) is 7. The third-order valence-electron chi connectivity index (χ3n) is 6.86. The molecule has 3 aromatic rings.